The minimum Gasteiger partial charge on any atom is -0.326 e. The summed E-state index contributed by atoms with van der Waals surface area (Å²) in [5, 5.41) is 2.85. The predicted molar refractivity (Wildman–Crippen MR) is 99.6 cm³/mol. The van der Waals surface area contributed by atoms with E-state index in [1.165, 1.54) is 6.92 Å². The number of carbonyl (C=O) groups is 2. The number of hydrogen-bond acceptors (Lipinski definition) is 6. The Bertz CT molecular complexity index is 724. The third-order valence-electron chi connectivity index (χ3n) is 3.29. The first kappa shape index (κ1) is 21.3. The Labute approximate surface area is 149 Å². The lowest BCUT2D eigenvalue weighted by Gasteiger charge is -2.21. The molecule has 1 aromatic carbocycles. The van der Waals surface area contributed by atoms with Gasteiger partial charge in [-0.15, -0.1) is 0 Å². The summed E-state index contributed by atoms with van der Waals surface area (Å²) in [4.78, 5) is 27.8. The van der Waals surface area contributed by atoms with Crippen molar-refractivity contribution >= 4 is 27.2 Å². The molecule has 140 valence electrons. The van der Waals surface area contributed by atoms with Crippen LogP contribution in [0.15, 0.2) is 12.1 Å². The number of nitrogens with zero attached hydrogens (tertiary/aromatic N) is 2. The highest BCUT2D eigenvalue weighted by molar-refractivity contribution is 7.91. The Balaban J connectivity index is 3.49. The number of benzene rings is 1. The van der Waals surface area contributed by atoms with Crippen molar-refractivity contribution in [2.24, 2.45) is 0 Å². The summed E-state index contributed by atoms with van der Waals surface area (Å²) in [6.07, 6.45) is 1.04. The van der Waals surface area contributed by atoms with Gasteiger partial charge >= 0.3 is 0 Å². The topological polar surface area (TPSA) is 86.8 Å². The van der Waals surface area contributed by atoms with Crippen LogP contribution in [0.2, 0.25) is 0 Å². The van der Waals surface area contributed by atoms with Gasteiger partial charge in [0.25, 0.3) is 0 Å². The van der Waals surface area contributed by atoms with Gasteiger partial charge in [0.05, 0.1) is 0 Å². The molecular weight excluding hydrogens is 342 g/mol. The van der Waals surface area contributed by atoms with E-state index in [-0.39, 0.29) is 5.91 Å². The Morgan fingerprint density at radius 3 is 1.76 bits per heavy atom. The summed E-state index contributed by atoms with van der Waals surface area (Å²) >= 11 is 0. The summed E-state index contributed by atoms with van der Waals surface area (Å²) in [6, 6.07) is 3.33. The smallest absolute Gasteiger partial charge is 0.221 e. The third kappa shape index (κ3) is 7.33. The normalized spacial score (nSPS) is 11.8. The molecule has 0 saturated carbocycles. The van der Waals surface area contributed by atoms with Crippen molar-refractivity contribution in [2.75, 3.05) is 45.5 Å². The second-order valence-corrected chi connectivity index (χ2v) is 8.96. The number of ketones is 1. The molecule has 0 radical (unpaired) electrons. The number of hydrogen-bond donors (Lipinski definition) is 1. The van der Waals surface area contributed by atoms with Crippen molar-refractivity contribution in [2.45, 2.75) is 20.0 Å². The second kappa shape index (κ2) is 8.55. The maximum Gasteiger partial charge on any atom is 0.221 e. The molecule has 8 heteroatoms. The van der Waals surface area contributed by atoms with Gasteiger partial charge in [-0.2, -0.15) is 0 Å². The van der Waals surface area contributed by atoms with Crippen LogP contribution in [0.25, 0.3) is 0 Å². The molecular formula is C17H27N3O4S. The molecule has 0 heterocycles. The predicted octanol–water partition coefficient (Wildman–Crippen LogP) is 0.996. The molecule has 0 saturated heterocycles. The first-order chi connectivity index (χ1) is 11.4. The van der Waals surface area contributed by atoms with Crippen LogP contribution in [0.1, 0.15) is 28.4 Å². The van der Waals surface area contributed by atoms with E-state index in [4.69, 9.17) is 0 Å². The van der Waals surface area contributed by atoms with Crippen LogP contribution in [0.4, 0.5) is 5.69 Å². The number of anilines is 1. The summed E-state index contributed by atoms with van der Waals surface area (Å²) in [6.45, 7) is 2.45. The van der Waals surface area contributed by atoms with Gasteiger partial charge in [0.15, 0.2) is 15.6 Å². The fourth-order valence-corrected chi connectivity index (χ4v) is 3.16. The van der Waals surface area contributed by atoms with Crippen molar-refractivity contribution < 1.29 is 18.0 Å². The van der Waals surface area contributed by atoms with Gasteiger partial charge in [-0.3, -0.25) is 9.59 Å². The Morgan fingerprint density at radius 2 is 1.44 bits per heavy atom. The van der Waals surface area contributed by atoms with Crippen molar-refractivity contribution in [3.8, 4) is 0 Å². The van der Waals surface area contributed by atoms with Gasteiger partial charge in [-0.25, -0.2) is 8.42 Å². The summed E-state index contributed by atoms with van der Waals surface area (Å²) in [7, 11) is 4.12. The minimum absolute atomic E-state index is 0.199. The molecule has 0 fully saturated rings. The molecule has 0 aliphatic carbocycles. The molecule has 0 atom stereocenters. The molecule has 1 N–H and O–H groups in total. The van der Waals surface area contributed by atoms with E-state index < -0.39 is 21.4 Å². The molecule has 1 aromatic rings. The molecule has 1 amide bonds. The Hall–Kier alpha value is -1.77. The molecule has 1 rings (SSSR count). The zero-order valence-corrected chi connectivity index (χ0v) is 16.5. The van der Waals surface area contributed by atoms with E-state index in [0.717, 1.165) is 17.4 Å². The quantitative estimate of drug-likeness (QED) is 0.688. The minimum atomic E-state index is -3.41. The zero-order chi connectivity index (χ0) is 19.4. The maximum absolute atomic E-state index is 12.4. The van der Waals surface area contributed by atoms with Gasteiger partial charge in [-0.05, 0) is 51.5 Å². The maximum atomic E-state index is 12.4. The lowest BCUT2D eigenvalue weighted by molar-refractivity contribution is -0.114. The van der Waals surface area contributed by atoms with Crippen LogP contribution in [-0.4, -0.2) is 70.1 Å². The second-order valence-electron chi connectivity index (χ2n) is 6.82. The molecule has 25 heavy (non-hydrogen) atoms. The number of carbonyl (C=O) groups excluding carboxylic acids is 2. The standard InChI is InChI=1S/C17H27N3O4S/c1-12(21)18-17-14(9-19(2)3)7-13(8-15(17)10-20(4)5)16(22)11-25(6,23)24/h7-8H,9-11H2,1-6H3,(H,18,21). The molecule has 0 spiro atoms. The Morgan fingerprint density at radius 1 is 1.00 bits per heavy atom. The van der Waals surface area contributed by atoms with E-state index in [9.17, 15) is 18.0 Å². The van der Waals surface area contributed by atoms with Crippen LogP contribution in [0, 0.1) is 0 Å². The number of sulfone groups is 1. The lowest BCUT2D eigenvalue weighted by atomic mass is 9.99. The average Bonchev–Trinajstić information content (AvgIpc) is 2.38. The van der Waals surface area contributed by atoms with Crippen molar-refractivity contribution in [1.29, 1.82) is 0 Å². The van der Waals surface area contributed by atoms with Crippen LogP contribution in [0.5, 0.6) is 0 Å². The zero-order valence-electron chi connectivity index (χ0n) is 15.7. The van der Waals surface area contributed by atoms with E-state index in [1.54, 1.807) is 12.1 Å². The molecule has 0 aliphatic rings. The molecule has 0 bridgehead atoms. The average molecular weight is 369 g/mol. The van der Waals surface area contributed by atoms with Gasteiger partial charge in [0.2, 0.25) is 5.91 Å². The van der Waals surface area contributed by atoms with E-state index >= 15 is 0 Å². The molecule has 0 aliphatic heterocycles. The van der Waals surface area contributed by atoms with Crippen LogP contribution >= 0.6 is 0 Å². The number of nitrogens with one attached hydrogen (secondary N) is 1. The van der Waals surface area contributed by atoms with Crippen LogP contribution < -0.4 is 5.32 Å². The van der Waals surface area contributed by atoms with Crippen LogP contribution in [-0.2, 0) is 27.7 Å². The highest BCUT2D eigenvalue weighted by Gasteiger charge is 2.19. The largest absolute Gasteiger partial charge is 0.326 e. The van der Waals surface area contributed by atoms with Gasteiger partial charge in [-0.1, -0.05) is 0 Å². The first-order valence-corrected chi connectivity index (χ1v) is 9.89. The highest BCUT2D eigenvalue weighted by atomic mass is 32.2. The van der Waals surface area contributed by atoms with Gasteiger partial charge in [0.1, 0.15) is 5.75 Å². The highest BCUT2D eigenvalue weighted by Crippen LogP contribution is 2.26. The summed E-state index contributed by atoms with van der Waals surface area (Å²) in [5.74, 6) is -1.18. The van der Waals surface area contributed by atoms with E-state index in [1.807, 2.05) is 38.0 Å². The van der Waals surface area contributed by atoms with Crippen LogP contribution in [0.3, 0.4) is 0 Å². The van der Waals surface area contributed by atoms with Gasteiger partial charge < -0.3 is 15.1 Å². The molecule has 0 unspecified atom stereocenters. The lowest BCUT2D eigenvalue weighted by Crippen LogP contribution is -2.21. The van der Waals surface area contributed by atoms with E-state index in [0.29, 0.717) is 24.3 Å². The Kier molecular flexibility index (Phi) is 7.28. The van der Waals surface area contributed by atoms with Crippen molar-refractivity contribution in [1.82, 2.24) is 9.80 Å². The summed E-state index contributed by atoms with van der Waals surface area (Å²) in [5.41, 5.74) is 2.56. The van der Waals surface area contributed by atoms with Crippen molar-refractivity contribution in [3.63, 3.8) is 0 Å². The molecule has 0 aromatic heterocycles. The third-order valence-corrected chi connectivity index (χ3v) is 4.08. The fraction of sp³-hybridized carbons (Fsp3) is 0.529. The monoisotopic (exact) mass is 369 g/mol. The van der Waals surface area contributed by atoms with Crippen molar-refractivity contribution in [3.05, 3.63) is 28.8 Å². The number of rotatable bonds is 8. The summed E-state index contributed by atoms with van der Waals surface area (Å²) < 4.78 is 22.9. The SMILES string of the molecule is CC(=O)Nc1c(CN(C)C)cc(C(=O)CS(C)(=O)=O)cc1CN(C)C. The first-order valence-electron chi connectivity index (χ1n) is 7.83. The van der Waals surface area contributed by atoms with Gasteiger partial charge in [0, 0.05) is 37.5 Å². The molecule has 7 nitrogen and oxygen atoms in total. The number of amides is 1. The van der Waals surface area contributed by atoms with E-state index in [2.05, 4.69) is 5.32 Å². The fourth-order valence-electron chi connectivity index (χ4n) is 2.52. The number of Topliss-reactive ketones (excluding diaryl/α,β-unsaturated/α-hetero) is 1.